The molecule has 29 heavy (non-hydrogen) atoms. The smallest absolute Gasteiger partial charge is 0.251 e. The molecule has 0 radical (unpaired) electrons. The van der Waals surface area contributed by atoms with Crippen LogP contribution in [-0.4, -0.2) is 35.0 Å². The Hall–Kier alpha value is -2.93. The molecule has 0 unspecified atom stereocenters. The lowest BCUT2D eigenvalue weighted by atomic mass is 10.1. The predicted octanol–water partition coefficient (Wildman–Crippen LogP) is 3.78. The quantitative estimate of drug-likeness (QED) is 0.475. The first-order valence-corrected chi connectivity index (χ1v) is 10.3. The zero-order valence-corrected chi connectivity index (χ0v) is 18.0. The van der Waals surface area contributed by atoms with Crippen LogP contribution in [0.3, 0.4) is 0 Å². The lowest BCUT2D eigenvalue weighted by Crippen LogP contribution is -2.23. The number of benzene rings is 1. The van der Waals surface area contributed by atoms with Crippen molar-refractivity contribution < 1.29 is 4.79 Å². The summed E-state index contributed by atoms with van der Waals surface area (Å²) in [5, 5.41) is 3.65. The normalized spacial score (nSPS) is 10.6. The molecule has 3 rings (SSSR count). The fourth-order valence-electron chi connectivity index (χ4n) is 2.76. The van der Waals surface area contributed by atoms with Crippen LogP contribution < -0.4 is 10.2 Å². The molecule has 2 aromatic heterocycles. The fraction of sp³-hybridized carbons (Fsp3) is 0.273. The maximum absolute atomic E-state index is 12.3. The highest BCUT2D eigenvalue weighted by atomic mass is 32.2. The summed E-state index contributed by atoms with van der Waals surface area (Å²) in [6, 6.07) is 13.3. The number of anilines is 1. The Kier molecular flexibility index (Phi) is 6.82. The molecule has 1 amide bonds. The zero-order chi connectivity index (χ0) is 20.8. The molecule has 1 N–H and O–H groups in total. The second-order valence-corrected chi connectivity index (χ2v) is 7.87. The monoisotopic (exact) mass is 407 g/mol. The Morgan fingerprint density at radius 1 is 1.07 bits per heavy atom. The third-order valence-electron chi connectivity index (χ3n) is 4.51. The highest BCUT2D eigenvalue weighted by Gasteiger charge is 2.11. The van der Waals surface area contributed by atoms with Gasteiger partial charge in [0.25, 0.3) is 5.91 Å². The molecule has 150 valence electrons. The summed E-state index contributed by atoms with van der Waals surface area (Å²) in [5.41, 5.74) is 4.67. The van der Waals surface area contributed by atoms with Crippen LogP contribution >= 0.6 is 11.8 Å². The Bertz CT molecular complexity index is 974. The van der Waals surface area contributed by atoms with Crippen molar-refractivity contribution in [2.24, 2.45) is 0 Å². The van der Waals surface area contributed by atoms with E-state index in [0.717, 1.165) is 39.2 Å². The topological polar surface area (TPSA) is 71.0 Å². The van der Waals surface area contributed by atoms with Gasteiger partial charge in [0.2, 0.25) is 0 Å². The first-order valence-electron chi connectivity index (χ1n) is 9.36. The van der Waals surface area contributed by atoms with Gasteiger partial charge < -0.3 is 10.2 Å². The molecule has 0 aliphatic heterocycles. The van der Waals surface area contributed by atoms with Crippen LogP contribution in [0.1, 0.15) is 32.9 Å². The van der Waals surface area contributed by atoms with Crippen LogP contribution in [0.15, 0.2) is 53.8 Å². The van der Waals surface area contributed by atoms with Gasteiger partial charge in [0.15, 0.2) is 5.16 Å². The van der Waals surface area contributed by atoms with Crippen LogP contribution in [0, 0.1) is 13.8 Å². The van der Waals surface area contributed by atoms with Crippen molar-refractivity contribution in [1.29, 1.82) is 0 Å². The predicted molar refractivity (Wildman–Crippen MR) is 117 cm³/mol. The van der Waals surface area contributed by atoms with Gasteiger partial charge in [-0.15, -0.1) is 0 Å². The average molecular weight is 408 g/mol. The van der Waals surface area contributed by atoms with Crippen molar-refractivity contribution in [3.63, 3.8) is 0 Å². The van der Waals surface area contributed by atoms with Gasteiger partial charge in [-0.1, -0.05) is 30.0 Å². The average Bonchev–Trinajstić information content (AvgIpc) is 2.73. The summed E-state index contributed by atoms with van der Waals surface area (Å²) in [6.45, 7) is 4.46. The third-order valence-corrected chi connectivity index (χ3v) is 5.43. The number of hydrogen-bond acceptors (Lipinski definition) is 6. The van der Waals surface area contributed by atoms with Crippen molar-refractivity contribution in [2.75, 3.05) is 19.0 Å². The van der Waals surface area contributed by atoms with E-state index in [-0.39, 0.29) is 5.91 Å². The van der Waals surface area contributed by atoms with Gasteiger partial charge in [0.1, 0.15) is 5.82 Å². The second kappa shape index (κ2) is 9.52. The maximum atomic E-state index is 12.3. The number of nitrogens with zero attached hydrogens (tertiary/aromatic N) is 4. The van der Waals surface area contributed by atoms with Crippen molar-refractivity contribution in [1.82, 2.24) is 20.3 Å². The molecular weight excluding hydrogens is 382 g/mol. The van der Waals surface area contributed by atoms with Gasteiger partial charge in [0.05, 0.1) is 12.2 Å². The number of carbonyl (C=O) groups excluding carboxylic acids is 1. The van der Waals surface area contributed by atoms with Crippen molar-refractivity contribution in [2.45, 2.75) is 31.3 Å². The molecule has 0 saturated carbocycles. The maximum Gasteiger partial charge on any atom is 0.251 e. The number of thioether (sulfide) groups is 1. The highest BCUT2D eigenvalue weighted by Crippen LogP contribution is 2.25. The third kappa shape index (κ3) is 5.54. The summed E-state index contributed by atoms with van der Waals surface area (Å²) in [4.78, 5) is 27.8. The molecule has 7 heteroatoms. The summed E-state index contributed by atoms with van der Waals surface area (Å²) >= 11 is 1.59. The van der Waals surface area contributed by atoms with E-state index in [1.807, 2.05) is 75.3 Å². The van der Waals surface area contributed by atoms with E-state index in [1.54, 1.807) is 18.0 Å². The minimum Gasteiger partial charge on any atom is -0.362 e. The molecule has 2 heterocycles. The van der Waals surface area contributed by atoms with Crippen LogP contribution in [0.2, 0.25) is 0 Å². The van der Waals surface area contributed by atoms with Gasteiger partial charge in [-0.3, -0.25) is 9.78 Å². The number of rotatable bonds is 7. The minimum atomic E-state index is -0.108. The number of nitrogens with one attached hydrogen (secondary N) is 1. The Morgan fingerprint density at radius 2 is 1.83 bits per heavy atom. The number of aryl methyl sites for hydroxylation is 1. The molecule has 0 spiro atoms. The molecule has 6 nitrogen and oxygen atoms in total. The van der Waals surface area contributed by atoms with Crippen LogP contribution in [-0.2, 0) is 12.3 Å². The first kappa shape index (κ1) is 20.8. The molecule has 0 atom stereocenters. The Morgan fingerprint density at radius 3 is 2.48 bits per heavy atom. The van der Waals surface area contributed by atoms with Crippen LogP contribution in [0.25, 0.3) is 0 Å². The first-order chi connectivity index (χ1) is 13.9. The molecule has 0 aliphatic rings. The Labute approximate surface area is 175 Å². The van der Waals surface area contributed by atoms with Gasteiger partial charge >= 0.3 is 0 Å². The highest BCUT2D eigenvalue weighted by molar-refractivity contribution is 7.98. The number of carbonyl (C=O) groups is 1. The van der Waals surface area contributed by atoms with Crippen molar-refractivity contribution >= 4 is 23.5 Å². The van der Waals surface area contributed by atoms with E-state index in [4.69, 9.17) is 0 Å². The van der Waals surface area contributed by atoms with E-state index in [2.05, 4.69) is 20.3 Å². The number of pyridine rings is 1. The largest absolute Gasteiger partial charge is 0.362 e. The molecule has 0 bridgehead atoms. The van der Waals surface area contributed by atoms with E-state index in [0.29, 0.717) is 12.1 Å². The number of aromatic nitrogens is 3. The molecule has 0 saturated heterocycles. The van der Waals surface area contributed by atoms with E-state index < -0.39 is 0 Å². The van der Waals surface area contributed by atoms with E-state index >= 15 is 0 Å². The van der Waals surface area contributed by atoms with Gasteiger partial charge in [-0.05, 0) is 43.7 Å². The standard InChI is InChI=1S/C22H25N5OS/c1-15-16(2)25-22(26-20(15)27(3)4)29-14-17-8-10-18(11-9-17)21(28)24-13-19-7-5-6-12-23-19/h5-12H,13-14H2,1-4H3,(H,24,28). The minimum absolute atomic E-state index is 0.108. The van der Waals surface area contributed by atoms with Crippen LogP contribution in [0.4, 0.5) is 5.82 Å². The molecule has 0 aliphatic carbocycles. The molecular formula is C22H25N5OS. The molecule has 3 aromatic rings. The molecule has 0 fully saturated rings. The number of amides is 1. The zero-order valence-electron chi connectivity index (χ0n) is 17.1. The summed E-state index contributed by atoms with van der Waals surface area (Å²) < 4.78 is 0. The van der Waals surface area contributed by atoms with Gasteiger partial charge in [-0.25, -0.2) is 9.97 Å². The fourth-order valence-corrected chi connectivity index (χ4v) is 3.61. The second-order valence-electron chi connectivity index (χ2n) is 6.92. The van der Waals surface area contributed by atoms with Gasteiger partial charge in [0, 0.05) is 42.9 Å². The van der Waals surface area contributed by atoms with Gasteiger partial charge in [-0.2, -0.15) is 0 Å². The summed E-state index contributed by atoms with van der Waals surface area (Å²) in [6.07, 6.45) is 1.72. The Balaban J connectivity index is 1.59. The van der Waals surface area contributed by atoms with Crippen LogP contribution in [0.5, 0.6) is 0 Å². The van der Waals surface area contributed by atoms with E-state index in [9.17, 15) is 4.79 Å². The van der Waals surface area contributed by atoms with Crippen molar-refractivity contribution in [3.05, 3.63) is 76.7 Å². The van der Waals surface area contributed by atoms with E-state index in [1.165, 1.54) is 0 Å². The summed E-state index contributed by atoms with van der Waals surface area (Å²) in [7, 11) is 3.97. The lowest BCUT2D eigenvalue weighted by molar-refractivity contribution is 0.0950. The summed E-state index contributed by atoms with van der Waals surface area (Å²) in [5.74, 6) is 1.58. The lowest BCUT2D eigenvalue weighted by Gasteiger charge is -2.16. The number of hydrogen-bond donors (Lipinski definition) is 1. The SMILES string of the molecule is Cc1nc(SCc2ccc(C(=O)NCc3ccccn3)cc2)nc(N(C)C)c1C. The van der Waals surface area contributed by atoms with Crippen molar-refractivity contribution in [3.8, 4) is 0 Å². The molecule has 1 aromatic carbocycles.